The number of likely N-dealkylation sites (N-methyl/N-ethyl adjacent to an activating group) is 1. The highest BCUT2D eigenvalue weighted by molar-refractivity contribution is 7.88. The van der Waals surface area contributed by atoms with E-state index >= 15 is 0 Å². The summed E-state index contributed by atoms with van der Waals surface area (Å²) < 4.78 is 24.6. The lowest BCUT2D eigenvalue weighted by molar-refractivity contribution is 0.227. The van der Waals surface area contributed by atoms with Crippen LogP contribution < -0.4 is 15.5 Å². The number of sulfonamides is 1. The zero-order valence-electron chi connectivity index (χ0n) is 16.6. The van der Waals surface area contributed by atoms with Gasteiger partial charge in [0.2, 0.25) is 10.0 Å². The first-order valence-corrected chi connectivity index (χ1v) is 11.5. The molecule has 2 N–H and O–H groups in total. The molecule has 2 amide bonds. The van der Waals surface area contributed by atoms with Crippen LogP contribution in [0.1, 0.15) is 18.4 Å². The number of anilines is 1. The van der Waals surface area contributed by atoms with Crippen LogP contribution >= 0.6 is 0 Å². The molecule has 3 heterocycles. The van der Waals surface area contributed by atoms with Gasteiger partial charge in [-0.1, -0.05) is 0 Å². The molecular weight excluding hydrogens is 380 g/mol. The number of piperidine rings is 1. The number of nitrogens with one attached hydrogen (secondary N) is 2. The third kappa shape index (κ3) is 5.79. The largest absolute Gasteiger partial charge is 0.354 e. The van der Waals surface area contributed by atoms with Gasteiger partial charge >= 0.3 is 6.03 Å². The number of nitrogens with zero attached hydrogens (tertiary/aromatic N) is 4. The maximum Gasteiger partial charge on any atom is 0.315 e. The van der Waals surface area contributed by atoms with Crippen LogP contribution in [0.3, 0.4) is 0 Å². The Morgan fingerprint density at radius 1 is 1.18 bits per heavy atom. The monoisotopic (exact) mass is 410 g/mol. The van der Waals surface area contributed by atoms with E-state index in [4.69, 9.17) is 0 Å². The van der Waals surface area contributed by atoms with E-state index in [0.717, 1.165) is 37.6 Å². The van der Waals surface area contributed by atoms with E-state index in [1.807, 2.05) is 12.1 Å². The molecule has 0 aliphatic carbocycles. The topological polar surface area (TPSA) is 97.9 Å². The van der Waals surface area contributed by atoms with Crippen LogP contribution in [0.4, 0.5) is 10.6 Å². The minimum Gasteiger partial charge on any atom is -0.354 e. The lowest BCUT2D eigenvalue weighted by Crippen LogP contribution is -2.48. The fourth-order valence-corrected chi connectivity index (χ4v) is 4.40. The van der Waals surface area contributed by atoms with Crippen molar-refractivity contribution in [2.75, 3.05) is 57.5 Å². The standard InChI is InChI=1S/C18H30N6O3S/c1-22-9-11-23(12-10-22)17-13-15(3-6-19-17)14-20-18(25)21-16-4-7-24(8-5-16)28(2,26)27/h3,6,13,16H,4-5,7-12,14H2,1-2H3,(H2,20,21,25). The molecule has 10 heteroatoms. The number of carbonyl (C=O) groups excluding carboxylic acids is 1. The summed E-state index contributed by atoms with van der Waals surface area (Å²) in [6.45, 7) is 5.26. The van der Waals surface area contributed by atoms with Crippen molar-refractivity contribution in [2.45, 2.75) is 25.4 Å². The summed E-state index contributed by atoms with van der Waals surface area (Å²) in [5, 5.41) is 5.83. The number of rotatable bonds is 5. The van der Waals surface area contributed by atoms with Gasteiger partial charge in [-0.3, -0.25) is 0 Å². The van der Waals surface area contributed by atoms with E-state index in [9.17, 15) is 13.2 Å². The van der Waals surface area contributed by atoms with E-state index in [1.165, 1.54) is 10.6 Å². The molecule has 156 valence electrons. The molecular formula is C18H30N6O3S. The second-order valence-corrected chi connectivity index (χ2v) is 9.56. The maximum absolute atomic E-state index is 12.2. The summed E-state index contributed by atoms with van der Waals surface area (Å²) >= 11 is 0. The first-order valence-electron chi connectivity index (χ1n) is 9.69. The van der Waals surface area contributed by atoms with Gasteiger partial charge < -0.3 is 20.4 Å². The summed E-state index contributed by atoms with van der Waals surface area (Å²) in [6.07, 6.45) is 4.26. The fraction of sp³-hybridized carbons (Fsp3) is 0.667. The van der Waals surface area contributed by atoms with Crippen molar-refractivity contribution in [1.29, 1.82) is 0 Å². The third-order valence-corrected chi connectivity index (χ3v) is 6.65. The number of aromatic nitrogens is 1. The highest BCUT2D eigenvalue weighted by Crippen LogP contribution is 2.15. The normalized spacial score (nSPS) is 20.1. The van der Waals surface area contributed by atoms with Crippen LogP contribution in [0.5, 0.6) is 0 Å². The zero-order chi connectivity index (χ0) is 20.1. The van der Waals surface area contributed by atoms with Crippen LogP contribution in [-0.2, 0) is 16.6 Å². The molecule has 2 aliphatic heterocycles. The Hall–Kier alpha value is -1.91. The predicted octanol–water partition coefficient (Wildman–Crippen LogP) is 0.0566. The first kappa shape index (κ1) is 20.8. The van der Waals surface area contributed by atoms with Gasteiger partial charge in [-0.2, -0.15) is 0 Å². The number of hydrogen-bond donors (Lipinski definition) is 2. The zero-order valence-corrected chi connectivity index (χ0v) is 17.4. The quantitative estimate of drug-likeness (QED) is 0.712. The van der Waals surface area contributed by atoms with Gasteiger partial charge in [0.25, 0.3) is 0 Å². The van der Waals surface area contributed by atoms with Gasteiger partial charge in [-0.15, -0.1) is 0 Å². The fourth-order valence-electron chi connectivity index (χ4n) is 3.53. The highest BCUT2D eigenvalue weighted by Gasteiger charge is 2.25. The molecule has 0 bridgehead atoms. The number of hydrogen-bond acceptors (Lipinski definition) is 6. The van der Waals surface area contributed by atoms with E-state index in [-0.39, 0.29) is 12.1 Å². The molecule has 0 saturated carbocycles. The van der Waals surface area contributed by atoms with Crippen molar-refractivity contribution < 1.29 is 13.2 Å². The summed E-state index contributed by atoms with van der Waals surface area (Å²) in [7, 11) is -1.03. The predicted molar refractivity (Wildman–Crippen MR) is 109 cm³/mol. The molecule has 2 aliphatic rings. The van der Waals surface area contributed by atoms with Crippen molar-refractivity contribution in [3.63, 3.8) is 0 Å². The molecule has 3 rings (SSSR count). The molecule has 0 aromatic carbocycles. The molecule has 0 atom stereocenters. The van der Waals surface area contributed by atoms with Crippen LogP contribution in [0.15, 0.2) is 18.3 Å². The van der Waals surface area contributed by atoms with Crippen LogP contribution in [0.2, 0.25) is 0 Å². The smallest absolute Gasteiger partial charge is 0.315 e. The Kier molecular flexibility index (Phi) is 6.73. The Bertz CT molecular complexity index is 771. The van der Waals surface area contributed by atoms with Gasteiger partial charge in [-0.05, 0) is 37.6 Å². The number of pyridine rings is 1. The average molecular weight is 411 g/mol. The number of amides is 2. The Balaban J connectivity index is 1.44. The minimum atomic E-state index is -3.15. The van der Waals surface area contributed by atoms with Crippen LogP contribution in [0.25, 0.3) is 0 Å². The number of carbonyl (C=O) groups is 1. The molecule has 0 radical (unpaired) electrons. The molecule has 1 aromatic rings. The van der Waals surface area contributed by atoms with E-state index < -0.39 is 10.0 Å². The minimum absolute atomic E-state index is 0.00339. The summed E-state index contributed by atoms with van der Waals surface area (Å²) in [5.41, 5.74) is 1.01. The van der Waals surface area contributed by atoms with E-state index in [1.54, 1.807) is 6.20 Å². The lowest BCUT2D eigenvalue weighted by atomic mass is 10.1. The second-order valence-electron chi connectivity index (χ2n) is 7.58. The molecule has 2 fully saturated rings. The molecule has 9 nitrogen and oxygen atoms in total. The van der Waals surface area contributed by atoms with Crippen molar-refractivity contribution in [3.05, 3.63) is 23.9 Å². The van der Waals surface area contributed by atoms with Gasteiger partial charge in [0.15, 0.2) is 0 Å². The maximum atomic E-state index is 12.2. The van der Waals surface area contributed by atoms with Crippen molar-refractivity contribution in [1.82, 2.24) is 24.8 Å². The molecule has 28 heavy (non-hydrogen) atoms. The lowest BCUT2D eigenvalue weighted by Gasteiger charge is -2.33. The van der Waals surface area contributed by atoms with E-state index in [2.05, 4.69) is 32.5 Å². The van der Waals surface area contributed by atoms with Gasteiger partial charge in [0.1, 0.15) is 5.82 Å². The van der Waals surface area contributed by atoms with Gasteiger partial charge in [0, 0.05) is 58.1 Å². The summed E-state index contributed by atoms with van der Waals surface area (Å²) in [4.78, 5) is 21.2. The Morgan fingerprint density at radius 2 is 1.86 bits per heavy atom. The molecule has 2 saturated heterocycles. The molecule has 1 aromatic heterocycles. The van der Waals surface area contributed by atoms with Crippen molar-refractivity contribution in [2.24, 2.45) is 0 Å². The number of piperazine rings is 1. The Morgan fingerprint density at radius 3 is 2.50 bits per heavy atom. The van der Waals surface area contributed by atoms with Gasteiger partial charge in [0.05, 0.1) is 6.26 Å². The SMILES string of the molecule is CN1CCN(c2cc(CNC(=O)NC3CCN(S(C)(=O)=O)CC3)ccn2)CC1. The second kappa shape index (κ2) is 9.06. The van der Waals surface area contributed by atoms with Crippen molar-refractivity contribution in [3.8, 4) is 0 Å². The number of urea groups is 1. The summed E-state index contributed by atoms with van der Waals surface area (Å²) in [6, 6.07) is 3.70. The van der Waals surface area contributed by atoms with Gasteiger partial charge in [-0.25, -0.2) is 22.5 Å². The van der Waals surface area contributed by atoms with Crippen molar-refractivity contribution >= 4 is 21.9 Å². The first-order chi connectivity index (χ1) is 13.3. The third-order valence-electron chi connectivity index (χ3n) is 5.35. The Labute approximate surface area is 167 Å². The van der Waals surface area contributed by atoms with Crippen LogP contribution in [-0.4, -0.2) is 87.3 Å². The molecule has 0 spiro atoms. The summed E-state index contributed by atoms with van der Waals surface area (Å²) in [5.74, 6) is 0.945. The van der Waals surface area contributed by atoms with E-state index in [0.29, 0.717) is 32.5 Å². The van der Waals surface area contributed by atoms with Crippen LogP contribution in [0, 0.1) is 0 Å². The highest BCUT2D eigenvalue weighted by atomic mass is 32.2. The average Bonchev–Trinajstić information content (AvgIpc) is 2.67. The molecule has 0 unspecified atom stereocenters.